The lowest BCUT2D eigenvalue weighted by atomic mass is 10.1. The molecule has 0 fully saturated rings. The number of halogens is 1. The molecular weight excluding hydrogens is 314 g/mol. The third-order valence-corrected chi connectivity index (χ3v) is 4.16. The van der Waals surface area contributed by atoms with Gasteiger partial charge in [-0.15, -0.1) is 0 Å². The van der Waals surface area contributed by atoms with Crippen LogP contribution in [0.5, 0.6) is 0 Å². The van der Waals surface area contributed by atoms with E-state index in [1.807, 2.05) is 0 Å². The molecule has 1 aromatic rings. The molecule has 7 heteroatoms. The van der Waals surface area contributed by atoms with Crippen LogP contribution in [0.25, 0.3) is 0 Å². The first kappa shape index (κ1) is 17.9. The lowest BCUT2D eigenvalue weighted by Crippen LogP contribution is -2.25. The highest BCUT2D eigenvalue weighted by Crippen LogP contribution is 2.19. The molecule has 0 saturated heterocycles. The van der Waals surface area contributed by atoms with Crippen LogP contribution in [0.3, 0.4) is 0 Å². The Morgan fingerprint density at radius 2 is 2.00 bits per heavy atom. The van der Waals surface area contributed by atoms with Crippen molar-refractivity contribution in [3.63, 3.8) is 0 Å². The van der Waals surface area contributed by atoms with Gasteiger partial charge in [-0.05, 0) is 36.1 Å². The fraction of sp³-hybridized carbons (Fsp3) is 0.500. The summed E-state index contributed by atoms with van der Waals surface area (Å²) in [5.41, 5.74) is 0.834. The summed E-state index contributed by atoms with van der Waals surface area (Å²) in [4.78, 5) is 12.0. The quantitative estimate of drug-likeness (QED) is 0.778. The molecule has 1 amide bonds. The predicted octanol–water partition coefficient (Wildman–Crippen LogP) is 2.54. The summed E-state index contributed by atoms with van der Waals surface area (Å²) in [7, 11) is 2.95. The second-order valence-corrected chi connectivity index (χ2v) is 7.74. The fourth-order valence-electron chi connectivity index (χ4n) is 1.76. The molecule has 0 aliphatic carbocycles. The molecule has 5 nitrogen and oxygen atoms in total. The van der Waals surface area contributed by atoms with Crippen LogP contribution in [-0.4, -0.2) is 28.0 Å². The Hall–Kier alpha value is -1.11. The second-order valence-electron chi connectivity index (χ2n) is 5.17. The summed E-state index contributed by atoms with van der Waals surface area (Å²) in [5.74, 6) is 0.152. The van der Waals surface area contributed by atoms with Gasteiger partial charge in [0.15, 0.2) is 0 Å². The van der Waals surface area contributed by atoms with Crippen LogP contribution in [-0.2, 0) is 20.4 Å². The zero-order chi connectivity index (χ0) is 16.0. The Morgan fingerprint density at radius 3 is 2.52 bits per heavy atom. The molecular formula is C14H20ClNO4S. The topological polar surface area (TPSA) is 72.5 Å². The van der Waals surface area contributed by atoms with E-state index in [1.165, 1.54) is 19.2 Å². The van der Waals surface area contributed by atoms with Crippen molar-refractivity contribution in [3.8, 4) is 0 Å². The number of nitrogens with one attached hydrogen (secondary N) is 1. The molecule has 0 radical (unpaired) electrons. The Morgan fingerprint density at radius 1 is 1.33 bits per heavy atom. The smallest absolute Gasteiger partial charge is 0.261 e. The highest BCUT2D eigenvalue weighted by atomic mass is 35.7. The molecule has 0 aliphatic heterocycles. The third kappa shape index (κ3) is 6.03. The predicted molar refractivity (Wildman–Crippen MR) is 82.0 cm³/mol. The minimum absolute atomic E-state index is 0.104. The van der Waals surface area contributed by atoms with Crippen molar-refractivity contribution >= 4 is 25.6 Å². The second kappa shape index (κ2) is 7.77. The van der Waals surface area contributed by atoms with E-state index in [-0.39, 0.29) is 23.0 Å². The fourth-order valence-corrected chi connectivity index (χ4v) is 2.59. The number of amides is 1. The number of benzene rings is 1. The van der Waals surface area contributed by atoms with E-state index >= 15 is 0 Å². The van der Waals surface area contributed by atoms with E-state index in [9.17, 15) is 13.2 Å². The van der Waals surface area contributed by atoms with Crippen LogP contribution in [0, 0.1) is 5.92 Å². The lowest BCUT2D eigenvalue weighted by Gasteiger charge is -2.10. The molecule has 21 heavy (non-hydrogen) atoms. The number of hydrogen-bond donors (Lipinski definition) is 1. The van der Waals surface area contributed by atoms with Crippen molar-refractivity contribution in [2.24, 2.45) is 5.92 Å². The molecule has 1 N–H and O–H groups in total. The Kier molecular flexibility index (Phi) is 6.64. The van der Waals surface area contributed by atoms with Gasteiger partial charge in [0, 0.05) is 29.9 Å². The Bertz CT molecular complexity index is 599. The molecule has 0 spiro atoms. The maximum Gasteiger partial charge on any atom is 0.261 e. The van der Waals surface area contributed by atoms with Crippen LogP contribution in [0.1, 0.15) is 36.2 Å². The summed E-state index contributed by atoms with van der Waals surface area (Å²) in [6, 6.07) is 4.27. The molecule has 0 saturated carbocycles. The number of ether oxygens (including phenoxy) is 1. The summed E-state index contributed by atoms with van der Waals surface area (Å²) in [6.07, 6.45) is 0.851. The maximum absolute atomic E-state index is 12.1. The molecule has 0 atom stereocenters. The Balaban J connectivity index is 2.99. The maximum atomic E-state index is 12.1. The molecule has 118 valence electrons. The molecule has 0 unspecified atom stereocenters. The van der Waals surface area contributed by atoms with Gasteiger partial charge in [0.25, 0.3) is 15.0 Å². The lowest BCUT2D eigenvalue weighted by molar-refractivity contribution is 0.0951. The standard InChI is InChI=1S/C14H20ClNO4S/c1-10(2)4-5-16-14(17)12-6-11(9-20-3)7-13(8-12)21(15,18)19/h6-8,10H,4-5,9H2,1-3H3,(H,16,17). The van der Waals surface area contributed by atoms with Crippen LogP contribution in [0.2, 0.25) is 0 Å². The summed E-state index contributed by atoms with van der Waals surface area (Å²) in [5, 5.41) is 2.76. The first-order valence-corrected chi connectivity index (χ1v) is 8.90. The van der Waals surface area contributed by atoms with E-state index in [2.05, 4.69) is 19.2 Å². The third-order valence-electron chi connectivity index (χ3n) is 2.83. The van der Waals surface area contributed by atoms with E-state index in [0.717, 1.165) is 6.42 Å². The average Bonchev–Trinajstić information content (AvgIpc) is 2.37. The molecule has 1 aromatic carbocycles. The normalized spacial score (nSPS) is 11.7. The summed E-state index contributed by atoms with van der Waals surface area (Å²) < 4.78 is 27.9. The minimum atomic E-state index is -3.90. The highest BCUT2D eigenvalue weighted by Gasteiger charge is 2.16. The first-order valence-electron chi connectivity index (χ1n) is 6.59. The number of carbonyl (C=O) groups is 1. The average molecular weight is 334 g/mol. The van der Waals surface area contributed by atoms with E-state index < -0.39 is 9.05 Å². The highest BCUT2D eigenvalue weighted by molar-refractivity contribution is 8.13. The minimum Gasteiger partial charge on any atom is -0.380 e. The van der Waals surface area contributed by atoms with Gasteiger partial charge in [0.1, 0.15) is 0 Å². The van der Waals surface area contributed by atoms with E-state index in [1.54, 1.807) is 6.07 Å². The Labute approximate surface area is 130 Å². The molecule has 0 bridgehead atoms. The van der Waals surface area contributed by atoms with Gasteiger partial charge in [0.05, 0.1) is 11.5 Å². The van der Waals surface area contributed by atoms with E-state index in [4.69, 9.17) is 15.4 Å². The van der Waals surface area contributed by atoms with Crippen molar-refractivity contribution < 1.29 is 17.9 Å². The largest absolute Gasteiger partial charge is 0.380 e. The summed E-state index contributed by atoms with van der Waals surface area (Å²) in [6.45, 7) is 4.85. The van der Waals surface area contributed by atoms with Crippen molar-refractivity contribution in [2.75, 3.05) is 13.7 Å². The van der Waals surface area contributed by atoms with Crippen LogP contribution in [0.15, 0.2) is 23.1 Å². The zero-order valence-corrected chi connectivity index (χ0v) is 13.9. The van der Waals surface area contributed by atoms with Gasteiger partial charge in [-0.25, -0.2) is 8.42 Å². The van der Waals surface area contributed by atoms with Gasteiger partial charge in [0.2, 0.25) is 0 Å². The molecule has 0 heterocycles. The van der Waals surface area contributed by atoms with Crippen LogP contribution < -0.4 is 5.32 Å². The number of hydrogen-bond acceptors (Lipinski definition) is 4. The SMILES string of the molecule is COCc1cc(C(=O)NCCC(C)C)cc(S(=O)(=O)Cl)c1. The zero-order valence-electron chi connectivity index (χ0n) is 12.3. The number of carbonyl (C=O) groups excluding carboxylic acids is 1. The van der Waals surface area contributed by atoms with Gasteiger partial charge in [-0.2, -0.15) is 0 Å². The summed E-state index contributed by atoms with van der Waals surface area (Å²) >= 11 is 0. The van der Waals surface area contributed by atoms with Crippen molar-refractivity contribution in [1.82, 2.24) is 5.32 Å². The van der Waals surface area contributed by atoms with Gasteiger partial charge in [-0.1, -0.05) is 13.8 Å². The first-order chi connectivity index (χ1) is 9.74. The van der Waals surface area contributed by atoms with Crippen molar-refractivity contribution in [2.45, 2.75) is 31.8 Å². The molecule has 0 aliphatic rings. The van der Waals surface area contributed by atoms with Gasteiger partial charge in [-0.3, -0.25) is 4.79 Å². The van der Waals surface area contributed by atoms with Crippen molar-refractivity contribution in [3.05, 3.63) is 29.3 Å². The molecule has 1 rings (SSSR count). The van der Waals surface area contributed by atoms with E-state index in [0.29, 0.717) is 18.0 Å². The molecule has 0 aromatic heterocycles. The van der Waals surface area contributed by atoms with Gasteiger partial charge < -0.3 is 10.1 Å². The van der Waals surface area contributed by atoms with Crippen LogP contribution >= 0.6 is 10.7 Å². The van der Waals surface area contributed by atoms with Crippen molar-refractivity contribution in [1.29, 1.82) is 0 Å². The monoisotopic (exact) mass is 333 g/mol. The van der Waals surface area contributed by atoms with Gasteiger partial charge >= 0.3 is 0 Å². The van der Waals surface area contributed by atoms with Crippen LogP contribution in [0.4, 0.5) is 0 Å². The number of rotatable bonds is 7. The number of methoxy groups -OCH3 is 1.